The standard InChI is InChI=1S/C13H27N.ClH/c1-3-5-6-7-10-14-11-8-9-13(4-2)12-14;/h13H,3-12H2,1-2H3;1H. The number of hydrogen-bond donors (Lipinski definition) is 1. The molecule has 1 aliphatic rings. The lowest BCUT2D eigenvalue weighted by molar-refractivity contribution is -0.909. The Labute approximate surface area is 102 Å². The van der Waals surface area contributed by atoms with Crippen molar-refractivity contribution in [2.45, 2.75) is 58.8 Å². The molecule has 0 amide bonds. The van der Waals surface area contributed by atoms with E-state index in [2.05, 4.69) is 13.8 Å². The van der Waals surface area contributed by atoms with Crippen LogP contribution in [0.25, 0.3) is 0 Å². The Morgan fingerprint density at radius 2 is 1.93 bits per heavy atom. The van der Waals surface area contributed by atoms with Gasteiger partial charge in [0.05, 0.1) is 19.6 Å². The molecule has 2 heteroatoms. The maximum atomic E-state index is 2.35. The minimum absolute atomic E-state index is 0. The second kappa shape index (κ2) is 9.47. The fraction of sp³-hybridized carbons (Fsp3) is 1.00. The molecule has 0 bridgehead atoms. The molecule has 1 N–H and O–H groups in total. The molecule has 0 spiro atoms. The molecule has 0 aromatic rings. The van der Waals surface area contributed by atoms with Crippen LogP contribution >= 0.6 is 0 Å². The summed E-state index contributed by atoms with van der Waals surface area (Å²) < 4.78 is 0. The summed E-state index contributed by atoms with van der Waals surface area (Å²) in [5.41, 5.74) is 0. The molecule has 1 rings (SSSR count). The van der Waals surface area contributed by atoms with Crippen molar-refractivity contribution in [3.05, 3.63) is 0 Å². The van der Waals surface area contributed by atoms with E-state index in [1.165, 1.54) is 64.6 Å². The van der Waals surface area contributed by atoms with Gasteiger partial charge in [0, 0.05) is 5.92 Å². The van der Waals surface area contributed by atoms with Gasteiger partial charge >= 0.3 is 0 Å². The van der Waals surface area contributed by atoms with Crippen molar-refractivity contribution in [1.29, 1.82) is 0 Å². The van der Waals surface area contributed by atoms with E-state index in [4.69, 9.17) is 0 Å². The highest BCUT2D eigenvalue weighted by atomic mass is 35.5. The number of unbranched alkanes of at least 4 members (excludes halogenated alkanes) is 3. The number of piperidine rings is 1. The van der Waals surface area contributed by atoms with Crippen LogP contribution < -0.4 is 17.3 Å². The average molecular weight is 234 g/mol. The van der Waals surface area contributed by atoms with E-state index < -0.39 is 0 Å². The van der Waals surface area contributed by atoms with E-state index in [0.29, 0.717) is 0 Å². The molecule has 1 nitrogen and oxygen atoms in total. The SMILES string of the molecule is CCCCCC[NH+]1CCCC(CC)C1.[Cl-]. The van der Waals surface area contributed by atoms with Crippen molar-refractivity contribution in [3.63, 3.8) is 0 Å². The van der Waals surface area contributed by atoms with Crippen molar-refractivity contribution in [2.24, 2.45) is 5.92 Å². The Hall–Kier alpha value is 0.250. The van der Waals surface area contributed by atoms with Gasteiger partial charge < -0.3 is 17.3 Å². The summed E-state index contributed by atoms with van der Waals surface area (Å²) in [6.45, 7) is 8.99. The lowest BCUT2D eigenvalue weighted by Crippen LogP contribution is -3.13. The third kappa shape index (κ3) is 6.42. The Morgan fingerprint density at radius 1 is 1.13 bits per heavy atom. The third-order valence-electron chi connectivity index (χ3n) is 3.68. The van der Waals surface area contributed by atoms with Crippen LogP contribution in [-0.4, -0.2) is 19.6 Å². The Balaban J connectivity index is 0.00000196. The molecule has 0 aromatic carbocycles. The van der Waals surface area contributed by atoms with Crippen molar-refractivity contribution < 1.29 is 17.3 Å². The summed E-state index contributed by atoms with van der Waals surface area (Å²) in [5.74, 6) is 1.03. The van der Waals surface area contributed by atoms with Crippen LogP contribution in [0.15, 0.2) is 0 Å². The van der Waals surface area contributed by atoms with Gasteiger partial charge in [-0.1, -0.05) is 26.7 Å². The van der Waals surface area contributed by atoms with E-state index >= 15 is 0 Å². The smallest absolute Gasteiger partial charge is 0.0799 e. The molecule has 0 radical (unpaired) electrons. The molecule has 1 saturated heterocycles. The van der Waals surface area contributed by atoms with E-state index in [9.17, 15) is 0 Å². The van der Waals surface area contributed by atoms with Crippen LogP contribution in [0.5, 0.6) is 0 Å². The molecular weight excluding hydrogens is 206 g/mol. The summed E-state index contributed by atoms with van der Waals surface area (Å²) in [6.07, 6.45) is 10.1. The molecular formula is C13H28ClN. The monoisotopic (exact) mass is 233 g/mol. The quantitative estimate of drug-likeness (QED) is 0.578. The largest absolute Gasteiger partial charge is 1.00 e. The first-order valence-corrected chi connectivity index (χ1v) is 6.70. The molecule has 0 aliphatic carbocycles. The van der Waals surface area contributed by atoms with E-state index in [0.717, 1.165) is 5.92 Å². The van der Waals surface area contributed by atoms with E-state index in [1.54, 1.807) is 0 Å². The third-order valence-corrected chi connectivity index (χ3v) is 3.68. The van der Waals surface area contributed by atoms with Gasteiger partial charge in [-0.2, -0.15) is 0 Å². The van der Waals surface area contributed by atoms with Gasteiger partial charge in [0.2, 0.25) is 0 Å². The molecule has 2 atom stereocenters. The van der Waals surface area contributed by atoms with Crippen LogP contribution in [0.2, 0.25) is 0 Å². The number of quaternary nitrogens is 1. The predicted octanol–water partition coefficient (Wildman–Crippen LogP) is -0.724. The first-order chi connectivity index (χ1) is 6.86. The zero-order chi connectivity index (χ0) is 10.2. The molecule has 15 heavy (non-hydrogen) atoms. The zero-order valence-electron chi connectivity index (χ0n) is 10.5. The number of hydrogen-bond acceptors (Lipinski definition) is 0. The maximum Gasteiger partial charge on any atom is 0.0799 e. The van der Waals surface area contributed by atoms with Crippen LogP contribution in [-0.2, 0) is 0 Å². The maximum absolute atomic E-state index is 2.35. The fourth-order valence-corrected chi connectivity index (χ4v) is 2.63. The van der Waals surface area contributed by atoms with Gasteiger partial charge in [-0.25, -0.2) is 0 Å². The highest BCUT2D eigenvalue weighted by molar-refractivity contribution is 4.59. The van der Waals surface area contributed by atoms with Crippen molar-refractivity contribution in [2.75, 3.05) is 19.6 Å². The Kier molecular flexibility index (Phi) is 9.63. The van der Waals surface area contributed by atoms with Gasteiger partial charge in [-0.05, 0) is 32.1 Å². The van der Waals surface area contributed by atoms with Crippen LogP contribution in [0, 0.1) is 5.92 Å². The normalized spacial score (nSPS) is 26.0. The van der Waals surface area contributed by atoms with Crippen LogP contribution in [0.4, 0.5) is 0 Å². The highest BCUT2D eigenvalue weighted by Gasteiger charge is 2.20. The molecule has 1 heterocycles. The lowest BCUT2D eigenvalue weighted by Gasteiger charge is -2.29. The highest BCUT2D eigenvalue weighted by Crippen LogP contribution is 2.10. The number of likely N-dealkylation sites (tertiary alicyclic amines) is 1. The van der Waals surface area contributed by atoms with Gasteiger partial charge in [-0.3, -0.25) is 0 Å². The molecule has 92 valence electrons. The lowest BCUT2D eigenvalue weighted by atomic mass is 9.95. The summed E-state index contributed by atoms with van der Waals surface area (Å²) >= 11 is 0. The first kappa shape index (κ1) is 15.2. The summed E-state index contributed by atoms with van der Waals surface area (Å²) in [4.78, 5) is 1.89. The van der Waals surface area contributed by atoms with Crippen molar-refractivity contribution in [1.82, 2.24) is 0 Å². The number of halogens is 1. The fourth-order valence-electron chi connectivity index (χ4n) is 2.63. The second-order valence-electron chi connectivity index (χ2n) is 4.93. The predicted molar refractivity (Wildman–Crippen MR) is 62.7 cm³/mol. The summed E-state index contributed by atoms with van der Waals surface area (Å²) in [5, 5.41) is 0. The topological polar surface area (TPSA) is 4.44 Å². The second-order valence-corrected chi connectivity index (χ2v) is 4.93. The van der Waals surface area contributed by atoms with Gasteiger partial charge in [0.1, 0.15) is 0 Å². The van der Waals surface area contributed by atoms with E-state index in [1.807, 2.05) is 4.90 Å². The van der Waals surface area contributed by atoms with Gasteiger partial charge in [-0.15, -0.1) is 0 Å². The summed E-state index contributed by atoms with van der Waals surface area (Å²) in [6, 6.07) is 0. The first-order valence-electron chi connectivity index (χ1n) is 6.70. The van der Waals surface area contributed by atoms with Crippen molar-refractivity contribution >= 4 is 0 Å². The number of rotatable bonds is 6. The molecule has 1 aliphatic heterocycles. The molecule has 1 fully saturated rings. The Bertz CT molecular complexity index is 138. The average Bonchev–Trinajstić information content (AvgIpc) is 2.25. The van der Waals surface area contributed by atoms with Gasteiger partial charge in [0.15, 0.2) is 0 Å². The summed E-state index contributed by atoms with van der Waals surface area (Å²) in [7, 11) is 0. The Morgan fingerprint density at radius 3 is 2.60 bits per heavy atom. The molecule has 2 unspecified atom stereocenters. The van der Waals surface area contributed by atoms with Crippen molar-refractivity contribution in [3.8, 4) is 0 Å². The number of nitrogens with one attached hydrogen (secondary N) is 1. The van der Waals surface area contributed by atoms with Crippen LogP contribution in [0.3, 0.4) is 0 Å². The molecule has 0 aromatic heterocycles. The minimum atomic E-state index is 0. The van der Waals surface area contributed by atoms with Crippen LogP contribution in [0.1, 0.15) is 58.8 Å². The molecule has 0 saturated carbocycles. The van der Waals surface area contributed by atoms with Gasteiger partial charge in [0.25, 0.3) is 0 Å². The van der Waals surface area contributed by atoms with E-state index in [-0.39, 0.29) is 12.4 Å². The zero-order valence-corrected chi connectivity index (χ0v) is 11.3. The minimum Gasteiger partial charge on any atom is -1.00 e.